The minimum atomic E-state index is -0.576. The number of para-hydroxylation sites is 1. The van der Waals surface area contributed by atoms with Gasteiger partial charge in [-0.3, -0.25) is 4.79 Å². The van der Waals surface area contributed by atoms with Gasteiger partial charge in [0.15, 0.2) is 5.76 Å². The van der Waals surface area contributed by atoms with Crippen LogP contribution in [0.25, 0.3) is 6.08 Å². The number of fused-ring (bicyclic) bond motifs is 1. The molecule has 33 heavy (non-hydrogen) atoms. The number of hydrogen-bond acceptors (Lipinski definition) is 7. The maximum absolute atomic E-state index is 13.0. The molecule has 4 rings (SSSR count). The fraction of sp³-hybridized carbons (Fsp3) is 0.154. The van der Waals surface area contributed by atoms with Gasteiger partial charge in [-0.1, -0.05) is 12.1 Å². The highest BCUT2D eigenvalue weighted by Gasteiger charge is 2.31. The Bertz CT molecular complexity index is 1270. The minimum Gasteiger partial charge on any atom is -0.497 e. The van der Waals surface area contributed by atoms with Crippen LogP contribution in [0.15, 0.2) is 60.4 Å². The van der Waals surface area contributed by atoms with E-state index in [1.54, 1.807) is 75.8 Å². The Hall–Kier alpha value is -4.26. The third-order valence-corrected chi connectivity index (χ3v) is 5.20. The second-order valence-electron chi connectivity index (χ2n) is 7.25. The van der Waals surface area contributed by atoms with Crippen molar-refractivity contribution in [1.82, 2.24) is 0 Å². The van der Waals surface area contributed by atoms with Crippen LogP contribution in [0.1, 0.15) is 31.8 Å². The molecule has 0 atom stereocenters. The zero-order valence-electron chi connectivity index (χ0n) is 18.6. The van der Waals surface area contributed by atoms with Crippen LogP contribution in [0.5, 0.6) is 28.7 Å². The fourth-order valence-electron chi connectivity index (χ4n) is 3.61. The second-order valence-corrected chi connectivity index (χ2v) is 7.25. The number of hydrogen-bond donors (Lipinski definition) is 0. The molecule has 1 aliphatic rings. The monoisotopic (exact) mass is 446 g/mol. The Morgan fingerprint density at radius 2 is 1.64 bits per heavy atom. The molecule has 7 nitrogen and oxygen atoms in total. The Balaban J connectivity index is 1.64. The number of ether oxygens (including phenoxy) is 5. The molecule has 0 radical (unpaired) electrons. The van der Waals surface area contributed by atoms with Crippen molar-refractivity contribution < 1.29 is 33.3 Å². The van der Waals surface area contributed by atoms with Crippen molar-refractivity contribution in [3.05, 3.63) is 82.6 Å². The van der Waals surface area contributed by atoms with Gasteiger partial charge in [-0.05, 0) is 55.0 Å². The van der Waals surface area contributed by atoms with Crippen LogP contribution in [0.2, 0.25) is 0 Å². The van der Waals surface area contributed by atoms with Crippen molar-refractivity contribution in [2.45, 2.75) is 6.92 Å². The van der Waals surface area contributed by atoms with E-state index >= 15 is 0 Å². The van der Waals surface area contributed by atoms with E-state index < -0.39 is 5.97 Å². The van der Waals surface area contributed by atoms with Crippen molar-refractivity contribution in [2.24, 2.45) is 0 Å². The molecule has 0 amide bonds. The van der Waals surface area contributed by atoms with Gasteiger partial charge in [0.25, 0.3) is 0 Å². The molecule has 1 aliphatic heterocycles. The molecule has 3 aromatic carbocycles. The summed E-state index contributed by atoms with van der Waals surface area (Å²) in [7, 11) is 4.59. The number of carbonyl (C=O) groups is 2. The Morgan fingerprint density at radius 1 is 0.879 bits per heavy atom. The molecule has 0 saturated carbocycles. The van der Waals surface area contributed by atoms with Gasteiger partial charge in [0.2, 0.25) is 5.78 Å². The van der Waals surface area contributed by atoms with Crippen LogP contribution >= 0.6 is 0 Å². The molecule has 168 valence electrons. The van der Waals surface area contributed by atoms with Crippen molar-refractivity contribution >= 4 is 17.8 Å². The predicted octanol–water partition coefficient (Wildman–Crippen LogP) is 4.86. The number of benzene rings is 3. The first-order valence-corrected chi connectivity index (χ1v) is 10.1. The van der Waals surface area contributed by atoms with Gasteiger partial charge in [-0.15, -0.1) is 0 Å². The van der Waals surface area contributed by atoms with Crippen LogP contribution in [-0.4, -0.2) is 33.1 Å². The number of esters is 1. The van der Waals surface area contributed by atoms with Crippen LogP contribution < -0.4 is 23.7 Å². The summed E-state index contributed by atoms with van der Waals surface area (Å²) in [5.74, 6) is 1.46. The normalized spacial score (nSPS) is 13.3. The first-order valence-electron chi connectivity index (χ1n) is 10.1. The summed E-state index contributed by atoms with van der Waals surface area (Å²) in [6.07, 6.45) is 1.60. The van der Waals surface area contributed by atoms with Gasteiger partial charge in [-0.2, -0.15) is 0 Å². The lowest BCUT2D eigenvalue weighted by Gasteiger charge is -2.10. The Morgan fingerprint density at radius 3 is 2.36 bits per heavy atom. The van der Waals surface area contributed by atoms with E-state index in [1.165, 1.54) is 13.2 Å². The molecule has 0 fully saturated rings. The summed E-state index contributed by atoms with van der Waals surface area (Å²) in [5.41, 5.74) is 1.97. The van der Waals surface area contributed by atoms with Crippen molar-refractivity contribution in [1.29, 1.82) is 0 Å². The molecular formula is C26H22O7. The maximum atomic E-state index is 13.0. The number of carbonyl (C=O) groups excluding carboxylic acids is 2. The lowest BCUT2D eigenvalue weighted by molar-refractivity contribution is 0.0731. The molecule has 0 bridgehead atoms. The highest BCUT2D eigenvalue weighted by Crippen LogP contribution is 2.39. The second kappa shape index (κ2) is 9.08. The highest BCUT2D eigenvalue weighted by molar-refractivity contribution is 6.15. The lowest BCUT2D eigenvalue weighted by atomic mass is 10.0. The molecule has 7 heteroatoms. The van der Waals surface area contributed by atoms with E-state index in [0.29, 0.717) is 45.3 Å². The van der Waals surface area contributed by atoms with E-state index in [2.05, 4.69) is 0 Å². The number of ketones is 1. The first kappa shape index (κ1) is 22.0. The highest BCUT2D eigenvalue weighted by atomic mass is 16.5. The number of Topliss-reactive ketones (excluding diaryl/α,β-unsaturated/α-hetero) is 1. The lowest BCUT2D eigenvalue weighted by Crippen LogP contribution is -2.10. The van der Waals surface area contributed by atoms with E-state index in [4.69, 9.17) is 23.7 Å². The topological polar surface area (TPSA) is 80.3 Å². The molecule has 3 aromatic rings. The van der Waals surface area contributed by atoms with Gasteiger partial charge in [0.1, 0.15) is 34.3 Å². The summed E-state index contributed by atoms with van der Waals surface area (Å²) in [5, 5.41) is 0. The van der Waals surface area contributed by atoms with Crippen molar-refractivity contribution in [3.63, 3.8) is 0 Å². The van der Waals surface area contributed by atoms with E-state index in [1.807, 2.05) is 0 Å². The Labute approximate surface area is 191 Å². The van der Waals surface area contributed by atoms with Crippen molar-refractivity contribution in [2.75, 3.05) is 21.3 Å². The van der Waals surface area contributed by atoms with Crippen LogP contribution in [0, 0.1) is 6.92 Å². The fourth-order valence-corrected chi connectivity index (χ4v) is 3.61. The summed E-state index contributed by atoms with van der Waals surface area (Å²) >= 11 is 0. The molecule has 0 saturated heterocycles. The average Bonchev–Trinajstić information content (AvgIpc) is 3.14. The summed E-state index contributed by atoms with van der Waals surface area (Å²) in [6, 6.07) is 15.2. The van der Waals surface area contributed by atoms with E-state index in [0.717, 1.165) is 0 Å². The Kier molecular flexibility index (Phi) is 6.04. The van der Waals surface area contributed by atoms with Gasteiger partial charge in [0.05, 0.1) is 26.9 Å². The van der Waals surface area contributed by atoms with Crippen LogP contribution in [0.4, 0.5) is 0 Å². The summed E-state index contributed by atoms with van der Waals surface area (Å²) in [4.78, 5) is 25.7. The largest absolute Gasteiger partial charge is 0.497 e. The third-order valence-electron chi connectivity index (χ3n) is 5.20. The van der Waals surface area contributed by atoms with Gasteiger partial charge >= 0.3 is 5.97 Å². The van der Waals surface area contributed by atoms with Gasteiger partial charge in [0, 0.05) is 11.6 Å². The molecule has 0 aliphatic carbocycles. The molecule has 0 N–H and O–H groups in total. The van der Waals surface area contributed by atoms with E-state index in [-0.39, 0.29) is 17.3 Å². The zero-order valence-corrected chi connectivity index (χ0v) is 18.6. The van der Waals surface area contributed by atoms with Crippen LogP contribution in [0.3, 0.4) is 0 Å². The quantitative estimate of drug-likeness (QED) is 0.304. The van der Waals surface area contributed by atoms with Gasteiger partial charge in [-0.25, -0.2) is 4.79 Å². The molecule has 0 spiro atoms. The SMILES string of the molecule is COc1ccc(OC)c(/C=C2\Oc3cc(OC(=O)c4ccccc4OC)cc(C)c3C2=O)c1. The number of rotatable bonds is 6. The average molecular weight is 446 g/mol. The standard InChI is InChI=1S/C26H22O7/c1-15-11-18(32-26(28)19-7-5-6-8-21(19)31-4)14-22-24(15)25(27)23(33-22)13-16-12-17(29-2)9-10-20(16)30-3/h5-14H,1-4H3/b23-13-. The molecular weight excluding hydrogens is 424 g/mol. The molecule has 0 unspecified atom stereocenters. The predicted molar refractivity (Wildman–Crippen MR) is 122 cm³/mol. The zero-order chi connectivity index (χ0) is 23.5. The summed E-state index contributed by atoms with van der Waals surface area (Å²) < 4.78 is 27.3. The number of allylic oxidation sites excluding steroid dienone is 1. The number of aryl methyl sites for hydroxylation is 1. The van der Waals surface area contributed by atoms with E-state index in [9.17, 15) is 9.59 Å². The third kappa shape index (κ3) is 4.25. The van der Waals surface area contributed by atoms with Gasteiger partial charge < -0.3 is 23.7 Å². The maximum Gasteiger partial charge on any atom is 0.347 e. The van der Waals surface area contributed by atoms with Crippen LogP contribution in [-0.2, 0) is 0 Å². The smallest absolute Gasteiger partial charge is 0.347 e. The number of methoxy groups -OCH3 is 3. The summed E-state index contributed by atoms with van der Waals surface area (Å²) in [6.45, 7) is 1.76. The molecule has 0 aromatic heterocycles. The molecule has 1 heterocycles. The minimum absolute atomic E-state index is 0.132. The first-order chi connectivity index (χ1) is 15.9. The van der Waals surface area contributed by atoms with Crippen molar-refractivity contribution in [3.8, 4) is 28.7 Å².